The third kappa shape index (κ3) is 5.61. The number of ether oxygens (including phenoxy) is 2. The Morgan fingerprint density at radius 3 is 2.50 bits per heavy atom. The van der Waals surface area contributed by atoms with Gasteiger partial charge < -0.3 is 19.7 Å². The van der Waals surface area contributed by atoms with Gasteiger partial charge in [0, 0.05) is 51.3 Å². The van der Waals surface area contributed by atoms with E-state index in [0.717, 1.165) is 62.6 Å². The first kappa shape index (κ1) is 22.6. The largest absolute Gasteiger partial charge is 0.483 e. The highest BCUT2D eigenvalue weighted by atomic mass is 16.5. The van der Waals surface area contributed by atoms with E-state index < -0.39 is 0 Å². The maximum Gasteiger partial charge on any atom is 0.258 e. The molecule has 0 unspecified atom stereocenters. The van der Waals surface area contributed by atoms with Gasteiger partial charge in [0.05, 0.1) is 0 Å². The SMILES string of the molecule is CCN1CCN(Cc2ccccc2CNC(=O)COc2cccc3c2OC(C)(C)C3)CC1. The second kappa shape index (κ2) is 9.92. The summed E-state index contributed by atoms with van der Waals surface area (Å²) in [5, 5.41) is 3.02. The van der Waals surface area contributed by atoms with E-state index >= 15 is 0 Å². The Balaban J connectivity index is 1.29. The van der Waals surface area contributed by atoms with Crippen LogP contribution in [-0.4, -0.2) is 60.6 Å². The van der Waals surface area contributed by atoms with E-state index in [2.05, 4.69) is 60.2 Å². The lowest BCUT2D eigenvalue weighted by atomic mass is 10.0. The number of carbonyl (C=O) groups is 1. The van der Waals surface area contributed by atoms with Crippen LogP contribution >= 0.6 is 0 Å². The Labute approximate surface area is 191 Å². The minimum atomic E-state index is -0.239. The molecule has 0 bridgehead atoms. The van der Waals surface area contributed by atoms with Gasteiger partial charge in [0.15, 0.2) is 18.1 Å². The smallest absolute Gasteiger partial charge is 0.258 e. The van der Waals surface area contributed by atoms with Crippen molar-refractivity contribution in [2.24, 2.45) is 0 Å². The van der Waals surface area contributed by atoms with Gasteiger partial charge in [-0.2, -0.15) is 0 Å². The number of piperazine rings is 1. The molecule has 2 heterocycles. The van der Waals surface area contributed by atoms with Gasteiger partial charge in [-0.1, -0.05) is 43.3 Å². The zero-order valence-electron chi connectivity index (χ0n) is 19.5. The Kier molecular flexibility index (Phi) is 7.01. The first-order valence-corrected chi connectivity index (χ1v) is 11.7. The van der Waals surface area contributed by atoms with Gasteiger partial charge in [-0.25, -0.2) is 0 Å². The summed E-state index contributed by atoms with van der Waals surface area (Å²) < 4.78 is 11.8. The average Bonchev–Trinajstić information content (AvgIpc) is 3.12. The fourth-order valence-corrected chi connectivity index (χ4v) is 4.48. The van der Waals surface area contributed by atoms with Crippen LogP contribution in [0.4, 0.5) is 0 Å². The molecule has 0 aromatic heterocycles. The molecule has 1 N–H and O–H groups in total. The molecule has 1 amide bonds. The van der Waals surface area contributed by atoms with E-state index in [1.54, 1.807) is 0 Å². The van der Waals surface area contributed by atoms with Crippen LogP contribution in [0.2, 0.25) is 0 Å². The number of benzene rings is 2. The van der Waals surface area contributed by atoms with E-state index in [-0.39, 0.29) is 18.1 Å². The zero-order chi connectivity index (χ0) is 22.6. The molecule has 32 heavy (non-hydrogen) atoms. The number of nitrogens with zero attached hydrogens (tertiary/aromatic N) is 2. The number of carbonyl (C=O) groups excluding carboxylic acids is 1. The quantitative estimate of drug-likeness (QED) is 0.687. The molecule has 2 aromatic rings. The number of amides is 1. The lowest BCUT2D eigenvalue weighted by Gasteiger charge is -2.34. The summed E-state index contributed by atoms with van der Waals surface area (Å²) in [5.41, 5.74) is 3.32. The number of fused-ring (bicyclic) bond motifs is 1. The Hall–Kier alpha value is -2.57. The molecule has 6 nitrogen and oxygen atoms in total. The summed E-state index contributed by atoms with van der Waals surface area (Å²) in [7, 11) is 0. The van der Waals surface area contributed by atoms with E-state index in [9.17, 15) is 4.79 Å². The minimum absolute atomic E-state index is 0.0264. The first-order chi connectivity index (χ1) is 15.4. The van der Waals surface area contributed by atoms with Crippen molar-refractivity contribution in [2.45, 2.75) is 45.9 Å². The molecule has 172 valence electrons. The molecule has 1 saturated heterocycles. The fourth-order valence-electron chi connectivity index (χ4n) is 4.48. The molecule has 0 saturated carbocycles. The number of hydrogen-bond acceptors (Lipinski definition) is 5. The maximum absolute atomic E-state index is 12.5. The summed E-state index contributed by atoms with van der Waals surface area (Å²) in [6.07, 6.45) is 0.843. The van der Waals surface area contributed by atoms with E-state index in [0.29, 0.717) is 12.3 Å². The van der Waals surface area contributed by atoms with Gasteiger partial charge in [0.1, 0.15) is 5.60 Å². The topological polar surface area (TPSA) is 54.0 Å². The Morgan fingerprint density at radius 2 is 1.75 bits per heavy atom. The predicted molar refractivity (Wildman–Crippen MR) is 126 cm³/mol. The molecule has 6 heteroatoms. The fraction of sp³-hybridized carbons (Fsp3) is 0.500. The third-order valence-corrected chi connectivity index (χ3v) is 6.31. The van der Waals surface area contributed by atoms with Crippen molar-refractivity contribution in [3.8, 4) is 11.5 Å². The molecule has 1 fully saturated rings. The summed E-state index contributed by atoms with van der Waals surface area (Å²) >= 11 is 0. The number of para-hydroxylation sites is 1. The molecule has 0 radical (unpaired) electrons. The number of hydrogen-bond donors (Lipinski definition) is 1. The summed E-state index contributed by atoms with van der Waals surface area (Å²) in [4.78, 5) is 17.5. The lowest BCUT2D eigenvalue weighted by molar-refractivity contribution is -0.123. The van der Waals surface area contributed by atoms with Crippen LogP contribution in [0.3, 0.4) is 0 Å². The monoisotopic (exact) mass is 437 g/mol. The molecule has 0 spiro atoms. The van der Waals surface area contributed by atoms with Gasteiger partial charge in [-0.3, -0.25) is 9.69 Å². The van der Waals surface area contributed by atoms with Gasteiger partial charge in [-0.15, -0.1) is 0 Å². The average molecular weight is 438 g/mol. The Morgan fingerprint density at radius 1 is 1.03 bits per heavy atom. The van der Waals surface area contributed by atoms with Crippen LogP contribution in [0, 0.1) is 0 Å². The first-order valence-electron chi connectivity index (χ1n) is 11.7. The van der Waals surface area contributed by atoms with Crippen molar-refractivity contribution in [3.63, 3.8) is 0 Å². The molecule has 0 aliphatic carbocycles. The molecule has 2 aliphatic heterocycles. The van der Waals surface area contributed by atoms with Crippen molar-refractivity contribution < 1.29 is 14.3 Å². The number of likely N-dealkylation sites (N-methyl/N-ethyl adjacent to an activating group) is 1. The van der Waals surface area contributed by atoms with Gasteiger partial charge >= 0.3 is 0 Å². The van der Waals surface area contributed by atoms with Gasteiger partial charge in [0.25, 0.3) is 5.91 Å². The van der Waals surface area contributed by atoms with Crippen LogP contribution < -0.4 is 14.8 Å². The third-order valence-electron chi connectivity index (χ3n) is 6.31. The highest BCUT2D eigenvalue weighted by molar-refractivity contribution is 5.77. The molecule has 4 rings (SSSR count). The normalized spacial score (nSPS) is 18.1. The van der Waals surface area contributed by atoms with Crippen molar-refractivity contribution in [2.75, 3.05) is 39.3 Å². The van der Waals surface area contributed by atoms with Gasteiger partial charge in [-0.05, 0) is 37.6 Å². The molecule has 2 aliphatic rings. The van der Waals surface area contributed by atoms with Crippen LogP contribution in [-0.2, 0) is 24.3 Å². The van der Waals surface area contributed by atoms with Crippen molar-refractivity contribution in [1.82, 2.24) is 15.1 Å². The number of rotatable bonds is 8. The molecular weight excluding hydrogens is 402 g/mol. The van der Waals surface area contributed by atoms with Crippen molar-refractivity contribution >= 4 is 5.91 Å². The highest BCUT2D eigenvalue weighted by Gasteiger charge is 2.32. The van der Waals surface area contributed by atoms with Crippen LogP contribution in [0.25, 0.3) is 0 Å². The van der Waals surface area contributed by atoms with Crippen molar-refractivity contribution in [1.29, 1.82) is 0 Å². The molecule has 0 atom stereocenters. The van der Waals surface area contributed by atoms with E-state index in [1.807, 2.05) is 18.2 Å². The minimum Gasteiger partial charge on any atom is -0.483 e. The maximum atomic E-state index is 12.5. The van der Waals surface area contributed by atoms with E-state index in [4.69, 9.17) is 9.47 Å². The lowest BCUT2D eigenvalue weighted by Crippen LogP contribution is -2.45. The summed E-state index contributed by atoms with van der Waals surface area (Å²) in [6.45, 7) is 13.3. The number of nitrogens with one attached hydrogen (secondary N) is 1. The van der Waals surface area contributed by atoms with Crippen LogP contribution in [0.1, 0.15) is 37.5 Å². The molecular formula is C26H35N3O3. The second-order valence-corrected chi connectivity index (χ2v) is 9.33. The summed E-state index contributed by atoms with van der Waals surface area (Å²) in [5.74, 6) is 1.26. The van der Waals surface area contributed by atoms with E-state index in [1.165, 1.54) is 5.56 Å². The predicted octanol–water partition coefficient (Wildman–Crippen LogP) is 3.23. The molecule has 2 aromatic carbocycles. The second-order valence-electron chi connectivity index (χ2n) is 9.33. The summed E-state index contributed by atoms with van der Waals surface area (Å²) in [6, 6.07) is 14.2. The zero-order valence-corrected chi connectivity index (χ0v) is 19.5. The highest BCUT2D eigenvalue weighted by Crippen LogP contribution is 2.41. The van der Waals surface area contributed by atoms with Crippen LogP contribution in [0.5, 0.6) is 11.5 Å². The van der Waals surface area contributed by atoms with Crippen LogP contribution in [0.15, 0.2) is 42.5 Å². The Bertz CT molecular complexity index is 936. The standard InChI is InChI=1S/C26H35N3O3/c1-4-28-12-14-29(15-13-28)18-22-9-6-5-8-21(22)17-27-24(30)19-31-23-11-7-10-20-16-26(2,3)32-25(20)23/h5-11H,4,12-19H2,1-3H3,(H,27,30). The van der Waals surface area contributed by atoms with Gasteiger partial charge in [0.2, 0.25) is 0 Å². The van der Waals surface area contributed by atoms with Crippen molar-refractivity contribution in [3.05, 3.63) is 59.2 Å².